The van der Waals surface area contributed by atoms with Crippen LogP contribution in [0.1, 0.15) is 36.5 Å². The van der Waals surface area contributed by atoms with E-state index in [4.69, 9.17) is 0 Å². The van der Waals surface area contributed by atoms with Crippen LogP contribution >= 0.6 is 0 Å². The third-order valence-corrected chi connectivity index (χ3v) is 5.51. The molecule has 2 aliphatic rings. The number of amides is 2. The average Bonchev–Trinajstić information content (AvgIpc) is 2.73. The average molecular weight is 395 g/mol. The molecule has 6 nitrogen and oxygen atoms in total. The van der Waals surface area contributed by atoms with Gasteiger partial charge in [0.15, 0.2) is 0 Å². The molecule has 2 amide bonds. The van der Waals surface area contributed by atoms with Gasteiger partial charge in [0.05, 0.1) is 11.6 Å². The fraction of sp³-hybridized carbons (Fsp3) is 0.600. The number of rotatable bonds is 5. The molecule has 1 atom stereocenters. The van der Waals surface area contributed by atoms with Crippen molar-refractivity contribution in [1.82, 2.24) is 14.7 Å². The van der Waals surface area contributed by atoms with Crippen molar-refractivity contribution in [1.29, 1.82) is 0 Å². The maximum Gasteiger partial charge on any atom is 0.387 e. The van der Waals surface area contributed by atoms with Gasteiger partial charge in [-0.25, -0.2) is 0 Å². The summed E-state index contributed by atoms with van der Waals surface area (Å²) in [6.07, 6.45) is 3.29. The van der Waals surface area contributed by atoms with E-state index in [2.05, 4.69) is 9.64 Å². The maximum atomic E-state index is 12.8. The van der Waals surface area contributed by atoms with Crippen molar-refractivity contribution in [3.8, 4) is 5.75 Å². The highest BCUT2D eigenvalue weighted by Crippen LogP contribution is 2.23. The van der Waals surface area contributed by atoms with Crippen LogP contribution in [-0.2, 0) is 4.79 Å². The highest BCUT2D eigenvalue weighted by molar-refractivity contribution is 5.97. The van der Waals surface area contributed by atoms with Crippen LogP contribution in [0.5, 0.6) is 5.75 Å². The molecule has 2 fully saturated rings. The molecule has 2 saturated heterocycles. The number of piperazine rings is 1. The van der Waals surface area contributed by atoms with E-state index >= 15 is 0 Å². The summed E-state index contributed by atoms with van der Waals surface area (Å²) in [4.78, 5) is 31.1. The number of carbonyl (C=O) groups is 2. The van der Waals surface area contributed by atoms with E-state index in [1.807, 2.05) is 11.8 Å². The molecular weight excluding hydrogens is 368 g/mol. The highest BCUT2D eigenvalue weighted by Gasteiger charge is 2.31. The normalized spacial score (nSPS) is 19.6. The zero-order valence-electron chi connectivity index (χ0n) is 16.2. The quantitative estimate of drug-likeness (QED) is 0.769. The minimum Gasteiger partial charge on any atom is -0.434 e. The van der Waals surface area contributed by atoms with Crippen LogP contribution in [0.4, 0.5) is 8.78 Å². The monoisotopic (exact) mass is 395 g/mol. The van der Waals surface area contributed by atoms with Crippen molar-refractivity contribution < 1.29 is 23.1 Å². The standard InChI is InChI=1S/C20H27F2N3O3/c1-15(18(26)24-9-5-2-6-10-24)23-11-13-25(14-12-23)19(27)16-7-3-4-8-17(16)28-20(21)22/h3-4,7-8,15,20H,2,5-6,9-14H2,1H3. The predicted molar refractivity (Wildman–Crippen MR) is 100 cm³/mol. The lowest BCUT2D eigenvalue weighted by molar-refractivity contribution is -0.137. The highest BCUT2D eigenvalue weighted by atomic mass is 19.3. The molecule has 1 aromatic rings. The Kier molecular flexibility index (Phi) is 6.83. The van der Waals surface area contributed by atoms with E-state index in [-0.39, 0.29) is 29.2 Å². The van der Waals surface area contributed by atoms with Crippen molar-refractivity contribution in [2.45, 2.75) is 38.8 Å². The zero-order chi connectivity index (χ0) is 20.1. The summed E-state index contributed by atoms with van der Waals surface area (Å²) >= 11 is 0. The van der Waals surface area contributed by atoms with Gasteiger partial charge < -0.3 is 14.5 Å². The van der Waals surface area contributed by atoms with Gasteiger partial charge in [-0.05, 0) is 38.3 Å². The lowest BCUT2D eigenvalue weighted by Gasteiger charge is -2.39. The molecule has 2 heterocycles. The van der Waals surface area contributed by atoms with Gasteiger partial charge in [0.25, 0.3) is 5.91 Å². The Labute approximate surface area is 164 Å². The van der Waals surface area contributed by atoms with Crippen LogP contribution < -0.4 is 4.74 Å². The topological polar surface area (TPSA) is 53.1 Å². The molecule has 2 aliphatic heterocycles. The van der Waals surface area contributed by atoms with Crippen LogP contribution in [0.2, 0.25) is 0 Å². The van der Waals surface area contributed by atoms with Gasteiger partial charge in [-0.2, -0.15) is 8.78 Å². The number of likely N-dealkylation sites (tertiary alicyclic amines) is 1. The smallest absolute Gasteiger partial charge is 0.387 e. The number of nitrogens with zero attached hydrogens (tertiary/aromatic N) is 3. The minimum atomic E-state index is -2.98. The Bertz CT molecular complexity index is 687. The van der Waals surface area contributed by atoms with Crippen molar-refractivity contribution in [2.75, 3.05) is 39.3 Å². The summed E-state index contributed by atoms with van der Waals surface area (Å²) in [6.45, 7) is 2.62. The molecule has 1 aromatic carbocycles. The molecule has 0 bridgehead atoms. The van der Waals surface area contributed by atoms with E-state index in [0.29, 0.717) is 26.2 Å². The van der Waals surface area contributed by atoms with E-state index in [1.165, 1.54) is 18.6 Å². The largest absolute Gasteiger partial charge is 0.434 e. The van der Waals surface area contributed by atoms with E-state index in [9.17, 15) is 18.4 Å². The lowest BCUT2D eigenvalue weighted by atomic mass is 10.1. The van der Waals surface area contributed by atoms with E-state index < -0.39 is 6.61 Å². The minimum absolute atomic E-state index is 0.112. The number of hydrogen-bond acceptors (Lipinski definition) is 4. The molecule has 0 aliphatic carbocycles. The van der Waals surface area contributed by atoms with Gasteiger partial charge in [0, 0.05) is 39.3 Å². The van der Waals surface area contributed by atoms with Crippen LogP contribution in [0.15, 0.2) is 24.3 Å². The van der Waals surface area contributed by atoms with Crippen LogP contribution in [0.3, 0.4) is 0 Å². The molecule has 0 radical (unpaired) electrons. The van der Waals surface area contributed by atoms with Crippen molar-refractivity contribution in [3.05, 3.63) is 29.8 Å². The van der Waals surface area contributed by atoms with Gasteiger partial charge in [0.2, 0.25) is 5.91 Å². The fourth-order valence-electron chi connectivity index (χ4n) is 3.86. The molecule has 0 spiro atoms. The van der Waals surface area contributed by atoms with Gasteiger partial charge in [-0.3, -0.25) is 14.5 Å². The first-order chi connectivity index (χ1) is 13.5. The van der Waals surface area contributed by atoms with Crippen LogP contribution in [0, 0.1) is 0 Å². The second kappa shape index (κ2) is 9.32. The Morgan fingerprint density at radius 2 is 1.57 bits per heavy atom. The van der Waals surface area contributed by atoms with E-state index in [1.54, 1.807) is 17.0 Å². The summed E-state index contributed by atoms with van der Waals surface area (Å²) in [5, 5.41) is 0. The first kappa shape index (κ1) is 20.5. The van der Waals surface area contributed by atoms with Crippen LogP contribution in [0.25, 0.3) is 0 Å². The number of para-hydroxylation sites is 1. The molecular formula is C20H27F2N3O3. The molecule has 3 rings (SSSR count). The second-order valence-corrected chi connectivity index (χ2v) is 7.26. The van der Waals surface area contributed by atoms with Gasteiger partial charge in [-0.1, -0.05) is 12.1 Å². The number of hydrogen-bond donors (Lipinski definition) is 0. The number of piperidine rings is 1. The summed E-state index contributed by atoms with van der Waals surface area (Å²) in [5.74, 6) is -0.292. The predicted octanol–water partition coefficient (Wildman–Crippen LogP) is 2.45. The fourth-order valence-corrected chi connectivity index (χ4v) is 3.86. The molecule has 0 N–H and O–H groups in total. The Hall–Kier alpha value is -2.22. The van der Waals surface area contributed by atoms with E-state index in [0.717, 1.165) is 25.9 Å². The summed E-state index contributed by atoms with van der Waals surface area (Å²) in [7, 11) is 0. The Balaban J connectivity index is 1.58. The second-order valence-electron chi connectivity index (χ2n) is 7.26. The van der Waals surface area contributed by atoms with Gasteiger partial charge in [-0.15, -0.1) is 0 Å². The van der Waals surface area contributed by atoms with Crippen molar-refractivity contribution >= 4 is 11.8 Å². The Morgan fingerprint density at radius 3 is 2.21 bits per heavy atom. The Morgan fingerprint density at radius 1 is 0.929 bits per heavy atom. The molecule has 28 heavy (non-hydrogen) atoms. The number of ether oxygens (including phenoxy) is 1. The third kappa shape index (κ3) is 4.79. The molecule has 8 heteroatoms. The zero-order valence-corrected chi connectivity index (χ0v) is 16.2. The van der Waals surface area contributed by atoms with Crippen molar-refractivity contribution in [3.63, 3.8) is 0 Å². The molecule has 0 saturated carbocycles. The third-order valence-electron chi connectivity index (χ3n) is 5.51. The molecule has 0 aromatic heterocycles. The van der Waals surface area contributed by atoms with Crippen molar-refractivity contribution in [2.24, 2.45) is 0 Å². The molecule has 1 unspecified atom stereocenters. The number of halogens is 2. The van der Waals surface area contributed by atoms with Crippen LogP contribution in [-0.4, -0.2) is 78.4 Å². The molecule has 154 valence electrons. The number of carbonyl (C=O) groups excluding carboxylic acids is 2. The van der Waals surface area contributed by atoms with Gasteiger partial charge in [0.1, 0.15) is 5.75 Å². The summed E-state index contributed by atoms with van der Waals surface area (Å²) in [5.41, 5.74) is 0.133. The maximum absolute atomic E-state index is 12.8. The SMILES string of the molecule is CC(C(=O)N1CCCCC1)N1CCN(C(=O)c2ccccc2OC(F)F)CC1. The summed E-state index contributed by atoms with van der Waals surface area (Å²) < 4.78 is 29.6. The first-order valence-corrected chi connectivity index (χ1v) is 9.83. The van der Waals surface area contributed by atoms with Gasteiger partial charge >= 0.3 is 6.61 Å². The summed E-state index contributed by atoms with van der Waals surface area (Å²) in [6, 6.07) is 5.83. The number of benzene rings is 1. The first-order valence-electron chi connectivity index (χ1n) is 9.83. The lowest BCUT2D eigenvalue weighted by Crippen LogP contribution is -2.56. The number of alkyl halides is 2.